The van der Waals surface area contributed by atoms with E-state index in [1.165, 1.54) is 0 Å². The number of hydrogen-bond acceptors (Lipinski definition) is 3. The molecule has 1 amide bonds. The highest BCUT2D eigenvalue weighted by Gasteiger charge is 2.24. The molecular formula is C16H18BrNO3. The quantitative estimate of drug-likeness (QED) is 0.890. The van der Waals surface area contributed by atoms with E-state index in [-0.39, 0.29) is 12.0 Å². The number of amides is 1. The average Bonchev–Trinajstić information content (AvgIpc) is 3.01. The van der Waals surface area contributed by atoms with Crippen LogP contribution in [0.4, 0.5) is 0 Å². The number of aliphatic hydroxyl groups is 1. The molecule has 0 aliphatic heterocycles. The Bertz CT molecular complexity index is 679. The number of aryl methyl sites for hydroxylation is 1. The maximum atomic E-state index is 12.3. The van der Waals surface area contributed by atoms with Crippen molar-refractivity contribution in [3.8, 4) is 0 Å². The van der Waals surface area contributed by atoms with E-state index in [9.17, 15) is 9.90 Å². The van der Waals surface area contributed by atoms with Crippen molar-refractivity contribution in [2.75, 3.05) is 6.54 Å². The fraction of sp³-hybridized carbons (Fsp3) is 0.438. The predicted molar refractivity (Wildman–Crippen MR) is 84.3 cm³/mol. The van der Waals surface area contributed by atoms with E-state index < -0.39 is 0 Å². The van der Waals surface area contributed by atoms with Gasteiger partial charge in [-0.05, 0) is 50.3 Å². The zero-order valence-corrected chi connectivity index (χ0v) is 13.4. The van der Waals surface area contributed by atoms with Crippen LogP contribution in [0.5, 0.6) is 0 Å². The third-order valence-electron chi connectivity index (χ3n) is 4.17. The smallest absolute Gasteiger partial charge is 0.287 e. The van der Waals surface area contributed by atoms with Crippen LogP contribution in [-0.2, 0) is 0 Å². The fourth-order valence-corrected chi connectivity index (χ4v) is 3.32. The van der Waals surface area contributed by atoms with Gasteiger partial charge in [-0.3, -0.25) is 4.79 Å². The minimum absolute atomic E-state index is 0.179. The third-order valence-corrected chi connectivity index (χ3v) is 4.66. The van der Waals surface area contributed by atoms with Crippen LogP contribution < -0.4 is 5.32 Å². The van der Waals surface area contributed by atoms with Gasteiger partial charge in [-0.15, -0.1) is 0 Å². The number of benzene rings is 1. The number of hydrogen-bond donors (Lipinski definition) is 2. The molecule has 1 fully saturated rings. The van der Waals surface area contributed by atoms with Crippen molar-refractivity contribution >= 4 is 32.8 Å². The lowest BCUT2D eigenvalue weighted by Gasteiger charge is -2.10. The van der Waals surface area contributed by atoms with E-state index in [4.69, 9.17) is 4.42 Å². The summed E-state index contributed by atoms with van der Waals surface area (Å²) in [7, 11) is 0. The second-order valence-electron chi connectivity index (χ2n) is 5.74. The summed E-state index contributed by atoms with van der Waals surface area (Å²) < 4.78 is 6.63. The van der Waals surface area contributed by atoms with Gasteiger partial charge in [0.15, 0.2) is 5.76 Å². The summed E-state index contributed by atoms with van der Waals surface area (Å²) in [5, 5.41) is 13.4. The molecule has 112 valence electrons. The van der Waals surface area contributed by atoms with E-state index in [1.54, 1.807) is 0 Å². The van der Waals surface area contributed by atoms with Crippen LogP contribution in [0.3, 0.4) is 0 Å². The first-order valence-corrected chi connectivity index (χ1v) is 7.99. The highest BCUT2D eigenvalue weighted by atomic mass is 79.9. The molecule has 1 aromatic carbocycles. The standard InChI is InChI=1S/C16H18BrNO3/c1-9-13-7-11(17)3-5-14(13)21-15(9)16(20)18-8-10-2-4-12(19)6-10/h3,5,7,10,12,19H,2,4,6,8H2,1H3,(H,18,20). The lowest BCUT2D eigenvalue weighted by molar-refractivity contribution is 0.0918. The molecule has 0 bridgehead atoms. The molecule has 2 unspecified atom stereocenters. The highest BCUT2D eigenvalue weighted by molar-refractivity contribution is 9.10. The van der Waals surface area contributed by atoms with Crippen molar-refractivity contribution in [2.24, 2.45) is 5.92 Å². The summed E-state index contributed by atoms with van der Waals surface area (Å²) >= 11 is 3.43. The van der Waals surface area contributed by atoms with E-state index in [0.29, 0.717) is 18.2 Å². The Morgan fingerprint density at radius 3 is 3.00 bits per heavy atom. The summed E-state index contributed by atoms with van der Waals surface area (Å²) in [6.07, 6.45) is 2.36. The molecule has 1 saturated carbocycles. The Morgan fingerprint density at radius 2 is 2.29 bits per heavy atom. The second kappa shape index (κ2) is 5.81. The van der Waals surface area contributed by atoms with Crippen LogP contribution >= 0.6 is 15.9 Å². The van der Waals surface area contributed by atoms with E-state index in [0.717, 1.165) is 40.3 Å². The summed E-state index contributed by atoms with van der Waals surface area (Å²) in [5.74, 6) is 0.561. The number of fused-ring (bicyclic) bond motifs is 1. The molecule has 0 spiro atoms. The van der Waals surface area contributed by atoms with E-state index in [2.05, 4.69) is 21.2 Å². The Kier molecular flexibility index (Phi) is 4.04. The molecule has 4 nitrogen and oxygen atoms in total. The molecule has 2 aromatic rings. The highest BCUT2D eigenvalue weighted by Crippen LogP contribution is 2.28. The van der Waals surface area contributed by atoms with Gasteiger partial charge in [0, 0.05) is 22.0 Å². The topological polar surface area (TPSA) is 62.5 Å². The molecule has 2 atom stereocenters. The first kappa shape index (κ1) is 14.6. The molecule has 0 saturated heterocycles. The van der Waals surface area contributed by atoms with Gasteiger partial charge in [-0.25, -0.2) is 0 Å². The summed E-state index contributed by atoms with van der Waals surface area (Å²) in [6, 6.07) is 5.71. The largest absolute Gasteiger partial charge is 0.451 e. The maximum absolute atomic E-state index is 12.3. The first-order valence-electron chi connectivity index (χ1n) is 7.19. The molecule has 5 heteroatoms. The third kappa shape index (κ3) is 2.99. The zero-order valence-electron chi connectivity index (χ0n) is 11.9. The Hall–Kier alpha value is -1.33. The molecule has 1 aliphatic rings. The van der Waals surface area contributed by atoms with E-state index in [1.807, 2.05) is 25.1 Å². The predicted octanol–water partition coefficient (Wildman–Crippen LogP) is 3.39. The molecule has 21 heavy (non-hydrogen) atoms. The minimum atomic E-state index is -0.211. The molecule has 3 rings (SSSR count). The maximum Gasteiger partial charge on any atom is 0.287 e. The minimum Gasteiger partial charge on any atom is -0.451 e. The van der Waals surface area contributed by atoms with E-state index >= 15 is 0 Å². The molecule has 0 radical (unpaired) electrons. The van der Waals surface area contributed by atoms with Crippen LogP contribution in [0, 0.1) is 12.8 Å². The number of carbonyl (C=O) groups excluding carboxylic acids is 1. The summed E-state index contributed by atoms with van der Waals surface area (Å²) in [4.78, 5) is 12.3. The van der Waals surface area contributed by atoms with Gasteiger partial charge in [0.25, 0.3) is 5.91 Å². The normalized spacial score (nSPS) is 21.9. The average molecular weight is 352 g/mol. The monoisotopic (exact) mass is 351 g/mol. The number of aliphatic hydroxyl groups excluding tert-OH is 1. The number of nitrogens with one attached hydrogen (secondary N) is 1. The van der Waals surface area contributed by atoms with Crippen LogP contribution in [0.15, 0.2) is 27.1 Å². The molecular weight excluding hydrogens is 334 g/mol. The lowest BCUT2D eigenvalue weighted by atomic mass is 10.1. The van der Waals surface area contributed by atoms with Gasteiger partial charge in [0.1, 0.15) is 5.58 Å². The lowest BCUT2D eigenvalue weighted by Crippen LogP contribution is -2.28. The second-order valence-corrected chi connectivity index (χ2v) is 6.66. The van der Waals surface area contributed by atoms with Crippen LogP contribution in [0.1, 0.15) is 35.4 Å². The van der Waals surface area contributed by atoms with Crippen LogP contribution in [0.25, 0.3) is 11.0 Å². The van der Waals surface area contributed by atoms with Crippen LogP contribution in [0.2, 0.25) is 0 Å². The first-order chi connectivity index (χ1) is 10.0. The molecule has 1 aromatic heterocycles. The molecule has 1 aliphatic carbocycles. The number of carbonyl (C=O) groups is 1. The van der Waals surface area contributed by atoms with Gasteiger partial charge in [-0.1, -0.05) is 15.9 Å². The zero-order chi connectivity index (χ0) is 15.0. The van der Waals surface area contributed by atoms with Crippen molar-refractivity contribution in [1.29, 1.82) is 0 Å². The Morgan fingerprint density at radius 1 is 1.48 bits per heavy atom. The van der Waals surface area contributed by atoms with Gasteiger partial charge >= 0.3 is 0 Å². The summed E-state index contributed by atoms with van der Waals surface area (Å²) in [6.45, 7) is 2.49. The van der Waals surface area contributed by atoms with Gasteiger partial charge in [0.05, 0.1) is 6.10 Å². The van der Waals surface area contributed by atoms with Gasteiger partial charge < -0.3 is 14.8 Å². The van der Waals surface area contributed by atoms with Crippen molar-refractivity contribution in [1.82, 2.24) is 5.32 Å². The Labute approximate surface area is 131 Å². The number of furan rings is 1. The van der Waals surface area contributed by atoms with Crippen LogP contribution in [-0.4, -0.2) is 23.7 Å². The van der Waals surface area contributed by atoms with Gasteiger partial charge in [-0.2, -0.15) is 0 Å². The Balaban J connectivity index is 1.74. The van der Waals surface area contributed by atoms with Crippen molar-refractivity contribution in [2.45, 2.75) is 32.3 Å². The number of halogens is 1. The van der Waals surface area contributed by atoms with Gasteiger partial charge in [0.2, 0.25) is 0 Å². The SMILES string of the molecule is Cc1c(C(=O)NCC2CCC(O)C2)oc2ccc(Br)cc12. The van der Waals surface area contributed by atoms with Crippen molar-refractivity contribution in [3.63, 3.8) is 0 Å². The fourth-order valence-electron chi connectivity index (χ4n) is 2.96. The molecule has 2 N–H and O–H groups in total. The number of rotatable bonds is 3. The van der Waals surface area contributed by atoms with Crippen molar-refractivity contribution < 1.29 is 14.3 Å². The summed E-state index contributed by atoms with van der Waals surface area (Å²) in [5.41, 5.74) is 1.58. The van der Waals surface area contributed by atoms with Crippen molar-refractivity contribution in [3.05, 3.63) is 34.0 Å². The molecule has 1 heterocycles.